The van der Waals surface area contributed by atoms with Gasteiger partial charge in [0.1, 0.15) is 0 Å². The number of benzene rings is 1. The Bertz CT molecular complexity index is 633. The molecule has 0 aliphatic heterocycles. The summed E-state index contributed by atoms with van der Waals surface area (Å²) in [7, 11) is 5.51. The molecule has 0 atom stereocenters. The van der Waals surface area contributed by atoms with Crippen molar-refractivity contribution in [2.45, 2.75) is 0 Å². The van der Waals surface area contributed by atoms with E-state index in [9.17, 15) is 9.59 Å². The fourth-order valence-corrected chi connectivity index (χ4v) is 1.85. The van der Waals surface area contributed by atoms with Gasteiger partial charge in [0.15, 0.2) is 11.5 Å². The Morgan fingerprint density at radius 2 is 1.57 bits per heavy atom. The van der Waals surface area contributed by atoms with Crippen LogP contribution in [0.2, 0.25) is 0 Å². The molecule has 1 rings (SSSR count). The lowest BCUT2D eigenvalue weighted by atomic mass is 10.0. The van der Waals surface area contributed by atoms with Gasteiger partial charge in [-0.1, -0.05) is 6.58 Å². The second kappa shape index (κ2) is 7.88. The maximum absolute atomic E-state index is 11.8. The van der Waals surface area contributed by atoms with Crippen molar-refractivity contribution in [3.05, 3.63) is 35.4 Å². The molecule has 0 aromatic heterocycles. The van der Waals surface area contributed by atoms with Crippen LogP contribution in [0.3, 0.4) is 0 Å². The summed E-state index contributed by atoms with van der Waals surface area (Å²) in [6, 6.07) is 3.14. The quantitative estimate of drug-likeness (QED) is 0.466. The zero-order valence-corrected chi connectivity index (χ0v) is 13.3. The molecule has 0 saturated carbocycles. The van der Waals surface area contributed by atoms with E-state index < -0.39 is 11.9 Å². The molecular formula is C16H18O7. The number of esters is 1. The average Bonchev–Trinajstić information content (AvgIpc) is 2.56. The number of carboxylic acids is 1. The average molecular weight is 322 g/mol. The lowest BCUT2D eigenvalue weighted by Crippen LogP contribution is -2.12. The summed E-state index contributed by atoms with van der Waals surface area (Å²) < 4.78 is 20.2. The molecule has 1 aromatic carbocycles. The summed E-state index contributed by atoms with van der Waals surface area (Å²) in [6.45, 7) is 3.38. The van der Waals surface area contributed by atoms with Crippen LogP contribution >= 0.6 is 0 Å². The highest BCUT2D eigenvalue weighted by atomic mass is 16.5. The van der Waals surface area contributed by atoms with Crippen molar-refractivity contribution in [2.75, 3.05) is 28.4 Å². The molecular weight excluding hydrogens is 304 g/mol. The molecule has 124 valence electrons. The minimum absolute atomic E-state index is 0.186. The van der Waals surface area contributed by atoms with Gasteiger partial charge in [0.05, 0.1) is 39.6 Å². The Balaban J connectivity index is 3.50. The third-order valence-corrected chi connectivity index (χ3v) is 2.99. The van der Waals surface area contributed by atoms with Gasteiger partial charge < -0.3 is 24.1 Å². The van der Waals surface area contributed by atoms with Gasteiger partial charge >= 0.3 is 11.9 Å². The van der Waals surface area contributed by atoms with E-state index in [1.807, 2.05) is 0 Å². The number of hydrogen-bond donors (Lipinski definition) is 1. The van der Waals surface area contributed by atoms with Crippen molar-refractivity contribution in [1.29, 1.82) is 0 Å². The molecule has 0 unspecified atom stereocenters. The summed E-state index contributed by atoms with van der Waals surface area (Å²) >= 11 is 0. The van der Waals surface area contributed by atoms with Gasteiger partial charge in [-0.3, -0.25) is 0 Å². The number of rotatable bonds is 7. The predicted molar refractivity (Wildman–Crippen MR) is 82.9 cm³/mol. The highest BCUT2D eigenvalue weighted by Gasteiger charge is 2.20. The van der Waals surface area contributed by atoms with E-state index in [2.05, 4.69) is 11.3 Å². The van der Waals surface area contributed by atoms with Crippen LogP contribution in [0.5, 0.6) is 17.2 Å². The van der Waals surface area contributed by atoms with Crippen molar-refractivity contribution in [3.8, 4) is 17.2 Å². The molecule has 7 nitrogen and oxygen atoms in total. The maximum atomic E-state index is 11.8. The summed E-state index contributed by atoms with van der Waals surface area (Å²) in [5.74, 6) is -1.03. The van der Waals surface area contributed by atoms with Gasteiger partial charge in [-0.25, -0.2) is 9.59 Å². The minimum atomic E-state index is -1.32. The van der Waals surface area contributed by atoms with E-state index in [-0.39, 0.29) is 11.1 Å². The van der Waals surface area contributed by atoms with E-state index in [1.54, 1.807) is 12.1 Å². The molecule has 0 amide bonds. The van der Waals surface area contributed by atoms with Crippen molar-refractivity contribution in [2.24, 2.45) is 0 Å². The first-order valence-electron chi connectivity index (χ1n) is 6.42. The summed E-state index contributed by atoms with van der Waals surface area (Å²) in [4.78, 5) is 22.9. The molecule has 0 aliphatic rings. The highest BCUT2D eigenvalue weighted by Crippen LogP contribution is 2.38. The predicted octanol–water partition coefficient (Wildman–Crippen LogP) is 1.91. The second-order valence-corrected chi connectivity index (χ2v) is 4.29. The van der Waals surface area contributed by atoms with E-state index in [4.69, 9.17) is 19.3 Å². The molecule has 0 heterocycles. The first-order chi connectivity index (χ1) is 10.9. The highest BCUT2D eigenvalue weighted by molar-refractivity contribution is 6.09. The maximum Gasteiger partial charge on any atom is 0.338 e. The number of hydrogen-bond acceptors (Lipinski definition) is 6. The lowest BCUT2D eigenvalue weighted by molar-refractivity contribution is -0.138. The molecule has 0 saturated heterocycles. The van der Waals surface area contributed by atoms with Gasteiger partial charge in [0, 0.05) is 0 Å². The van der Waals surface area contributed by atoms with Crippen molar-refractivity contribution in [1.82, 2.24) is 0 Å². The van der Waals surface area contributed by atoms with Crippen LogP contribution in [-0.4, -0.2) is 45.5 Å². The number of methoxy groups -OCH3 is 4. The summed E-state index contributed by atoms with van der Waals surface area (Å²) in [5.41, 5.74) is -0.109. The lowest BCUT2D eigenvalue weighted by Gasteiger charge is -2.13. The zero-order chi connectivity index (χ0) is 17.6. The van der Waals surface area contributed by atoms with Gasteiger partial charge in [-0.05, 0) is 23.8 Å². The summed E-state index contributed by atoms with van der Waals surface area (Å²) in [6.07, 6.45) is 1.33. The van der Waals surface area contributed by atoms with Crippen molar-refractivity contribution < 1.29 is 33.6 Å². The number of carboxylic acid groups (broad SMARTS) is 1. The van der Waals surface area contributed by atoms with Crippen LogP contribution in [0.4, 0.5) is 0 Å². The van der Waals surface area contributed by atoms with Crippen LogP contribution < -0.4 is 14.2 Å². The fraction of sp³-hybridized carbons (Fsp3) is 0.250. The normalized spacial score (nSPS) is 10.7. The van der Waals surface area contributed by atoms with Gasteiger partial charge in [-0.15, -0.1) is 0 Å². The third kappa shape index (κ3) is 4.03. The molecule has 7 heteroatoms. The molecule has 0 bridgehead atoms. The van der Waals surface area contributed by atoms with Crippen LogP contribution in [0.15, 0.2) is 29.9 Å². The second-order valence-electron chi connectivity index (χ2n) is 4.29. The SMILES string of the molecule is C=C(C(=O)O)C(=Cc1cc(OC)c(OC)c(OC)c1)C(=O)OC. The molecule has 0 spiro atoms. The third-order valence-electron chi connectivity index (χ3n) is 2.99. The van der Waals surface area contributed by atoms with Crippen LogP contribution in [0, 0.1) is 0 Å². The molecule has 1 N–H and O–H groups in total. The van der Waals surface area contributed by atoms with Crippen molar-refractivity contribution in [3.63, 3.8) is 0 Å². The largest absolute Gasteiger partial charge is 0.493 e. The molecule has 0 radical (unpaired) electrons. The summed E-state index contributed by atoms with van der Waals surface area (Å²) in [5, 5.41) is 9.04. The zero-order valence-electron chi connectivity index (χ0n) is 13.3. The van der Waals surface area contributed by atoms with Crippen LogP contribution in [0.1, 0.15) is 5.56 Å². The van der Waals surface area contributed by atoms with E-state index in [0.717, 1.165) is 7.11 Å². The van der Waals surface area contributed by atoms with Crippen molar-refractivity contribution >= 4 is 18.0 Å². The van der Waals surface area contributed by atoms with Crippen LogP contribution in [0.25, 0.3) is 6.08 Å². The van der Waals surface area contributed by atoms with E-state index >= 15 is 0 Å². The smallest absolute Gasteiger partial charge is 0.338 e. The van der Waals surface area contributed by atoms with Crippen LogP contribution in [-0.2, 0) is 14.3 Å². The standard InChI is InChI=1S/C16H18O7/c1-9(15(17)18)11(16(19)23-5)6-10-7-12(20-2)14(22-4)13(8-10)21-3/h6-8H,1H2,2-5H3,(H,17,18). The molecule has 0 aliphatic carbocycles. The van der Waals surface area contributed by atoms with Gasteiger partial charge in [0.25, 0.3) is 0 Å². The number of carbonyl (C=O) groups is 2. The first kappa shape index (κ1) is 18.1. The number of aliphatic carboxylic acids is 1. The Morgan fingerprint density at radius 3 is 1.91 bits per heavy atom. The number of ether oxygens (including phenoxy) is 4. The number of carbonyl (C=O) groups excluding carboxylic acids is 1. The topological polar surface area (TPSA) is 91.3 Å². The minimum Gasteiger partial charge on any atom is -0.493 e. The van der Waals surface area contributed by atoms with Gasteiger partial charge in [0.2, 0.25) is 5.75 Å². The Morgan fingerprint density at radius 1 is 1.04 bits per heavy atom. The molecule has 23 heavy (non-hydrogen) atoms. The Hall–Kier alpha value is -2.96. The molecule has 0 fully saturated rings. The first-order valence-corrected chi connectivity index (χ1v) is 6.42. The Kier molecular flexibility index (Phi) is 6.20. The molecule has 1 aromatic rings. The van der Waals surface area contributed by atoms with Gasteiger partial charge in [-0.2, -0.15) is 0 Å². The monoisotopic (exact) mass is 322 g/mol. The van der Waals surface area contributed by atoms with E-state index in [1.165, 1.54) is 27.4 Å². The fourth-order valence-electron chi connectivity index (χ4n) is 1.85. The van der Waals surface area contributed by atoms with E-state index in [0.29, 0.717) is 22.8 Å². The Labute approximate surface area is 133 Å².